The predicted octanol–water partition coefficient (Wildman–Crippen LogP) is 4.66. The Balaban J connectivity index is 1.64. The summed E-state index contributed by atoms with van der Waals surface area (Å²) in [6, 6.07) is 18.7. The summed E-state index contributed by atoms with van der Waals surface area (Å²) < 4.78 is 27.2. The van der Waals surface area contributed by atoms with Gasteiger partial charge in [-0.15, -0.1) is 0 Å². The van der Waals surface area contributed by atoms with Crippen LogP contribution < -0.4 is 10.2 Å². The first-order chi connectivity index (χ1) is 16.3. The summed E-state index contributed by atoms with van der Waals surface area (Å²) in [5, 5.41) is 3.05. The van der Waals surface area contributed by atoms with E-state index in [9.17, 15) is 18.0 Å². The van der Waals surface area contributed by atoms with Crippen LogP contribution in [-0.2, 0) is 16.4 Å². The number of rotatable bonds is 4. The number of amides is 2. The van der Waals surface area contributed by atoms with Crippen molar-refractivity contribution in [1.29, 1.82) is 0 Å². The number of aryl methyl sites for hydroxylation is 1. The maximum Gasteiger partial charge on any atom is 0.259 e. The van der Waals surface area contributed by atoms with Gasteiger partial charge in [0.05, 0.1) is 27.6 Å². The van der Waals surface area contributed by atoms with Gasteiger partial charge in [-0.25, -0.2) is 8.42 Å². The summed E-state index contributed by atoms with van der Waals surface area (Å²) in [5.74, 6) is -0.662. The fraction of sp³-hybridized carbons (Fsp3) is 0.259. The Morgan fingerprint density at radius 1 is 0.971 bits per heavy atom. The molecule has 34 heavy (non-hydrogen) atoms. The Hall–Kier alpha value is -3.45. The van der Waals surface area contributed by atoms with Gasteiger partial charge in [0, 0.05) is 11.6 Å². The van der Waals surface area contributed by atoms with Crippen molar-refractivity contribution in [2.75, 3.05) is 4.90 Å². The second-order valence-electron chi connectivity index (χ2n) is 9.02. The molecule has 1 aliphatic heterocycles. The van der Waals surface area contributed by atoms with Crippen LogP contribution in [0.2, 0.25) is 0 Å². The van der Waals surface area contributed by atoms with Crippen molar-refractivity contribution in [1.82, 2.24) is 5.32 Å². The molecule has 1 heterocycles. The van der Waals surface area contributed by atoms with Gasteiger partial charge in [0.1, 0.15) is 0 Å². The lowest BCUT2D eigenvalue weighted by Crippen LogP contribution is -2.33. The smallest absolute Gasteiger partial charge is 0.259 e. The topological polar surface area (TPSA) is 83.6 Å². The van der Waals surface area contributed by atoms with Crippen LogP contribution >= 0.6 is 0 Å². The number of nitrogens with zero attached hydrogens (tertiary/aromatic N) is 1. The van der Waals surface area contributed by atoms with Crippen molar-refractivity contribution in [3.63, 3.8) is 0 Å². The van der Waals surface area contributed by atoms with Crippen LogP contribution in [0.1, 0.15) is 57.5 Å². The molecule has 1 fully saturated rings. The van der Waals surface area contributed by atoms with Crippen LogP contribution in [-0.4, -0.2) is 26.3 Å². The van der Waals surface area contributed by atoms with Crippen LogP contribution in [0.3, 0.4) is 0 Å². The molecule has 7 heteroatoms. The van der Waals surface area contributed by atoms with E-state index >= 15 is 0 Å². The summed E-state index contributed by atoms with van der Waals surface area (Å²) in [5.41, 5.74) is 2.61. The molecule has 3 aromatic carbocycles. The molecule has 0 atom stereocenters. The highest BCUT2D eigenvalue weighted by Crippen LogP contribution is 2.38. The maximum absolute atomic E-state index is 13.7. The average Bonchev–Trinajstić information content (AvgIpc) is 3.33. The van der Waals surface area contributed by atoms with E-state index in [0.29, 0.717) is 5.56 Å². The van der Waals surface area contributed by atoms with E-state index in [1.165, 1.54) is 35.2 Å². The largest absolute Gasteiger partial charge is 0.349 e. The Bertz CT molecular complexity index is 1390. The number of hydrogen-bond donors (Lipinski definition) is 1. The Kier molecular flexibility index (Phi) is 5.73. The molecule has 1 N–H and O–H groups in total. The quantitative estimate of drug-likeness (QED) is 0.596. The zero-order valence-corrected chi connectivity index (χ0v) is 19.8. The summed E-state index contributed by atoms with van der Waals surface area (Å²) in [7, 11) is -3.96. The number of nitrogens with one attached hydrogen (secondary N) is 1. The molecular formula is C27H26N2O4S. The highest BCUT2D eigenvalue weighted by atomic mass is 32.2. The van der Waals surface area contributed by atoms with Gasteiger partial charge in [0.15, 0.2) is 0 Å². The summed E-state index contributed by atoms with van der Waals surface area (Å²) >= 11 is 0. The molecular weight excluding hydrogens is 448 g/mol. The fourth-order valence-electron chi connectivity index (χ4n) is 4.84. The molecule has 3 aromatic rings. The lowest BCUT2D eigenvalue weighted by molar-refractivity contribution is 0.0935. The number of carbonyl (C=O) groups is 2. The Morgan fingerprint density at radius 2 is 1.74 bits per heavy atom. The van der Waals surface area contributed by atoms with Gasteiger partial charge in [-0.05, 0) is 55.7 Å². The van der Waals surface area contributed by atoms with E-state index < -0.39 is 15.7 Å². The number of hydrogen-bond acceptors (Lipinski definition) is 4. The molecule has 1 saturated carbocycles. The third-order valence-corrected chi connectivity index (χ3v) is 8.43. The van der Waals surface area contributed by atoms with Crippen molar-refractivity contribution < 1.29 is 18.0 Å². The van der Waals surface area contributed by atoms with E-state index in [1.54, 1.807) is 12.1 Å². The van der Waals surface area contributed by atoms with Crippen LogP contribution in [0.5, 0.6) is 0 Å². The van der Waals surface area contributed by atoms with Crippen LogP contribution in [0.15, 0.2) is 76.5 Å². The number of carbonyl (C=O) groups excluding carboxylic acids is 2. The highest BCUT2D eigenvalue weighted by molar-refractivity contribution is 7.91. The summed E-state index contributed by atoms with van der Waals surface area (Å²) in [4.78, 5) is 28.2. The molecule has 6 nitrogen and oxygen atoms in total. The number of sulfone groups is 1. The second-order valence-corrected chi connectivity index (χ2v) is 10.9. The Morgan fingerprint density at radius 3 is 2.50 bits per heavy atom. The monoisotopic (exact) mass is 474 g/mol. The highest BCUT2D eigenvalue weighted by Gasteiger charge is 2.36. The van der Waals surface area contributed by atoms with E-state index in [2.05, 4.69) is 5.32 Å². The first-order valence-electron chi connectivity index (χ1n) is 11.5. The van der Waals surface area contributed by atoms with Gasteiger partial charge in [0.2, 0.25) is 9.84 Å². The lowest BCUT2D eigenvalue weighted by Gasteiger charge is -2.24. The Labute approximate surface area is 199 Å². The number of anilines is 1. The lowest BCUT2D eigenvalue weighted by atomic mass is 10.1. The predicted molar refractivity (Wildman–Crippen MR) is 130 cm³/mol. The number of fused-ring (bicyclic) bond motifs is 2. The van der Waals surface area contributed by atoms with Crippen LogP contribution in [0.25, 0.3) is 0 Å². The fourth-order valence-corrected chi connectivity index (χ4v) is 6.47. The van der Waals surface area contributed by atoms with Crippen molar-refractivity contribution in [3.05, 3.63) is 89.0 Å². The van der Waals surface area contributed by atoms with Gasteiger partial charge < -0.3 is 10.2 Å². The third kappa shape index (κ3) is 4.01. The molecule has 0 bridgehead atoms. The van der Waals surface area contributed by atoms with Gasteiger partial charge in [-0.1, -0.05) is 54.8 Å². The molecule has 0 aromatic heterocycles. The van der Waals surface area contributed by atoms with E-state index in [0.717, 1.165) is 36.8 Å². The van der Waals surface area contributed by atoms with Gasteiger partial charge in [0.25, 0.3) is 11.8 Å². The van der Waals surface area contributed by atoms with E-state index in [1.807, 2.05) is 31.2 Å². The molecule has 2 amide bonds. The van der Waals surface area contributed by atoms with Crippen LogP contribution in [0.4, 0.5) is 5.69 Å². The van der Waals surface area contributed by atoms with Crippen molar-refractivity contribution in [2.24, 2.45) is 0 Å². The standard InChI is InChI=1S/C27H26N2O4S/c1-18-7-6-8-19(15-18)17-29-23-16-20(26(30)28-21-9-2-3-10-21)13-14-25(23)34(32,33)24-12-5-4-11-22(24)27(29)31/h4-8,11-16,21H,2-3,9-10,17H2,1H3,(H,28,30). The van der Waals surface area contributed by atoms with E-state index in [-0.39, 0.29) is 39.5 Å². The minimum absolute atomic E-state index is 0.0175. The zero-order valence-electron chi connectivity index (χ0n) is 19.0. The first kappa shape index (κ1) is 22.3. The molecule has 0 saturated heterocycles. The minimum atomic E-state index is -3.96. The average molecular weight is 475 g/mol. The normalized spacial score (nSPS) is 17.1. The minimum Gasteiger partial charge on any atom is -0.349 e. The maximum atomic E-state index is 13.7. The molecule has 0 radical (unpaired) electrons. The SMILES string of the molecule is Cc1cccc(CN2C(=O)c3ccccc3S(=O)(=O)c3ccc(C(=O)NC4CCCC4)cc32)c1. The van der Waals surface area contributed by atoms with Crippen molar-refractivity contribution in [3.8, 4) is 0 Å². The van der Waals surface area contributed by atoms with E-state index in [4.69, 9.17) is 0 Å². The summed E-state index contributed by atoms with van der Waals surface area (Å²) in [6.07, 6.45) is 4.06. The van der Waals surface area contributed by atoms with Gasteiger partial charge in [-0.3, -0.25) is 9.59 Å². The van der Waals surface area contributed by atoms with Gasteiger partial charge in [-0.2, -0.15) is 0 Å². The number of benzene rings is 3. The second kappa shape index (κ2) is 8.72. The first-order valence-corrected chi connectivity index (χ1v) is 13.0. The van der Waals surface area contributed by atoms with Crippen LogP contribution in [0, 0.1) is 6.92 Å². The zero-order chi connectivity index (χ0) is 23.9. The molecule has 5 rings (SSSR count). The van der Waals surface area contributed by atoms with Crippen molar-refractivity contribution in [2.45, 2.75) is 55.0 Å². The molecule has 0 unspecified atom stereocenters. The van der Waals surface area contributed by atoms with Gasteiger partial charge >= 0.3 is 0 Å². The molecule has 0 spiro atoms. The summed E-state index contributed by atoms with van der Waals surface area (Å²) in [6.45, 7) is 2.15. The van der Waals surface area contributed by atoms with Crippen molar-refractivity contribution >= 4 is 27.3 Å². The molecule has 1 aliphatic carbocycles. The molecule has 2 aliphatic rings. The molecule has 174 valence electrons. The third-order valence-electron chi connectivity index (χ3n) is 6.57.